The van der Waals surface area contributed by atoms with Gasteiger partial charge in [-0.1, -0.05) is 0 Å². The molecule has 0 radical (unpaired) electrons. The summed E-state index contributed by atoms with van der Waals surface area (Å²) in [6, 6.07) is 0. The summed E-state index contributed by atoms with van der Waals surface area (Å²) in [4.78, 5) is 15.6. The monoisotopic (exact) mass is 213 g/mol. The van der Waals surface area contributed by atoms with Gasteiger partial charge in [-0.25, -0.2) is 4.98 Å². The van der Waals surface area contributed by atoms with Gasteiger partial charge in [-0.2, -0.15) is 0 Å². The second kappa shape index (κ2) is 5.72. The van der Waals surface area contributed by atoms with Crippen LogP contribution >= 0.6 is 11.3 Å². The zero-order chi connectivity index (χ0) is 10.4. The number of carbonyl (C=O) groups excluding carboxylic acids is 1. The molecule has 0 atom stereocenters. The smallest absolute Gasteiger partial charge is 0.183 e. The molecule has 0 aromatic carbocycles. The Balaban J connectivity index is 2.21. The Morgan fingerprint density at radius 1 is 1.43 bits per heavy atom. The molecule has 2 N–H and O–H groups in total. The molecule has 0 spiro atoms. The predicted molar refractivity (Wildman–Crippen MR) is 59.0 cm³/mol. The van der Waals surface area contributed by atoms with Gasteiger partial charge in [0.25, 0.3) is 0 Å². The Morgan fingerprint density at radius 3 is 2.79 bits per heavy atom. The maximum atomic E-state index is 9.99. The molecule has 1 aromatic heterocycles. The minimum Gasteiger partial charge on any atom is -0.360 e. The van der Waals surface area contributed by atoms with E-state index in [4.69, 9.17) is 0 Å². The fraction of sp³-hybridized carbons (Fsp3) is 0.556. The highest BCUT2D eigenvalue weighted by Gasteiger charge is 2.01. The van der Waals surface area contributed by atoms with Gasteiger partial charge in [0.1, 0.15) is 6.29 Å². The largest absolute Gasteiger partial charge is 0.360 e. The molecule has 1 rings (SSSR count). The standard InChI is InChI=1S/C9H15N3OS/c1-7-8(2)14-9(12-7)11-4-3-10-5-6-13/h6,10H,3-5H2,1-2H3,(H,11,12). The van der Waals surface area contributed by atoms with Crippen molar-refractivity contribution in [1.82, 2.24) is 10.3 Å². The van der Waals surface area contributed by atoms with Crippen molar-refractivity contribution in [2.75, 3.05) is 25.0 Å². The van der Waals surface area contributed by atoms with Gasteiger partial charge in [-0.3, -0.25) is 0 Å². The summed E-state index contributed by atoms with van der Waals surface area (Å²) >= 11 is 1.66. The van der Waals surface area contributed by atoms with Gasteiger partial charge in [0, 0.05) is 18.0 Å². The average molecular weight is 213 g/mol. The predicted octanol–water partition coefficient (Wildman–Crippen LogP) is 0.960. The molecular weight excluding hydrogens is 198 g/mol. The highest BCUT2D eigenvalue weighted by Crippen LogP contribution is 2.20. The summed E-state index contributed by atoms with van der Waals surface area (Å²) in [6.07, 6.45) is 0.859. The summed E-state index contributed by atoms with van der Waals surface area (Å²) in [6.45, 7) is 6.04. The lowest BCUT2D eigenvalue weighted by molar-refractivity contribution is -0.107. The lowest BCUT2D eigenvalue weighted by Crippen LogP contribution is -2.23. The number of hydrogen-bond acceptors (Lipinski definition) is 5. The Labute approximate surface area is 87.7 Å². The van der Waals surface area contributed by atoms with Crippen LogP contribution in [-0.2, 0) is 4.79 Å². The Morgan fingerprint density at radius 2 is 2.21 bits per heavy atom. The van der Waals surface area contributed by atoms with Crippen LogP contribution in [0.15, 0.2) is 0 Å². The fourth-order valence-electron chi connectivity index (χ4n) is 0.967. The van der Waals surface area contributed by atoms with E-state index in [2.05, 4.69) is 22.5 Å². The van der Waals surface area contributed by atoms with Gasteiger partial charge in [0.05, 0.1) is 12.2 Å². The van der Waals surface area contributed by atoms with Crippen LogP contribution in [0.25, 0.3) is 0 Å². The van der Waals surface area contributed by atoms with Gasteiger partial charge in [-0.15, -0.1) is 11.3 Å². The van der Waals surface area contributed by atoms with E-state index < -0.39 is 0 Å². The van der Waals surface area contributed by atoms with Gasteiger partial charge in [0.15, 0.2) is 5.13 Å². The number of aryl methyl sites for hydroxylation is 2. The molecule has 0 bridgehead atoms. The zero-order valence-electron chi connectivity index (χ0n) is 8.46. The number of hydrogen-bond donors (Lipinski definition) is 2. The second-order valence-electron chi connectivity index (χ2n) is 2.96. The molecule has 0 fully saturated rings. The number of aldehydes is 1. The van der Waals surface area contributed by atoms with Crippen molar-refractivity contribution in [3.05, 3.63) is 10.6 Å². The van der Waals surface area contributed by atoms with Crippen molar-refractivity contribution in [3.63, 3.8) is 0 Å². The van der Waals surface area contributed by atoms with Crippen LogP contribution in [0.5, 0.6) is 0 Å². The molecule has 0 unspecified atom stereocenters. The third-order valence-electron chi connectivity index (χ3n) is 1.83. The van der Waals surface area contributed by atoms with Gasteiger partial charge < -0.3 is 15.4 Å². The average Bonchev–Trinajstić information content (AvgIpc) is 2.46. The first-order valence-corrected chi connectivity index (χ1v) is 5.38. The molecule has 14 heavy (non-hydrogen) atoms. The molecule has 78 valence electrons. The van der Waals surface area contributed by atoms with Crippen LogP contribution in [0.4, 0.5) is 5.13 Å². The van der Waals surface area contributed by atoms with E-state index in [1.54, 1.807) is 11.3 Å². The van der Waals surface area contributed by atoms with Crippen molar-refractivity contribution >= 4 is 22.8 Å². The van der Waals surface area contributed by atoms with E-state index >= 15 is 0 Å². The van der Waals surface area contributed by atoms with Crippen LogP contribution in [-0.4, -0.2) is 30.9 Å². The molecule has 1 heterocycles. The number of rotatable bonds is 6. The first-order chi connectivity index (χ1) is 6.74. The molecule has 0 amide bonds. The van der Waals surface area contributed by atoms with Crippen LogP contribution in [0.1, 0.15) is 10.6 Å². The normalized spacial score (nSPS) is 10.1. The van der Waals surface area contributed by atoms with E-state index in [-0.39, 0.29) is 0 Å². The zero-order valence-corrected chi connectivity index (χ0v) is 9.28. The van der Waals surface area contributed by atoms with Crippen LogP contribution in [0.3, 0.4) is 0 Å². The SMILES string of the molecule is Cc1nc(NCCNCC=O)sc1C. The summed E-state index contributed by atoms with van der Waals surface area (Å²) in [7, 11) is 0. The van der Waals surface area contributed by atoms with Crippen molar-refractivity contribution < 1.29 is 4.79 Å². The number of anilines is 1. The molecule has 4 nitrogen and oxygen atoms in total. The molecule has 0 aliphatic carbocycles. The molecule has 1 aromatic rings. The summed E-state index contributed by atoms with van der Waals surface area (Å²) in [5.41, 5.74) is 1.08. The van der Waals surface area contributed by atoms with Crippen LogP contribution < -0.4 is 10.6 Å². The number of aromatic nitrogens is 1. The molecular formula is C9H15N3OS. The lowest BCUT2D eigenvalue weighted by Gasteiger charge is -2.01. The van der Waals surface area contributed by atoms with Crippen LogP contribution in [0.2, 0.25) is 0 Å². The first-order valence-electron chi connectivity index (χ1n) is 4.56. The number of carbonyl (C=O) groups is 1. The van der Waals surface area contributed by atoms with E-state index in [1.165, 1.54) is 4.88 Å². The molecule has 0 aliphatic heterocycles. The number of nitrogens with one attached hydrogen (secondary N) is 2. The number of thiazole rings is 1. The van der Waals surface area contributed by atoms with Crippen LogP contribution in [0, 0.1) is 13.8 Å². The van der Waals surface area contributed by atoms with E-state index in [0.29, 0.717) is 6.54 Å². The molecule has 0 aliphatic rings. The third-order valence-corrected chi connectivity index (χ3v) is 2.86. The Kier molecular flexibility index (Phi) is 4.55. The fourth-order valence-corrected chi connectivity index (χ4v) is 1.81. The van der Waals surface area contributed by atoms with Crippen molar-refractivity contribution in [2.24, 2.45) is 0 Å². The minimum absolute atomic E-state index is 0.414. The Bertz CT molecular complexity index is 279. The van der Waals surface area contributed by atoms with Crippen molar-refractivity contribution in [1.29, 1.82) is 0 Å². The molecule has 0 saturated carbocycles. The third kappa shape index (κ3) is 3.43. The minimum atomic E-state index is 0.414. The topological polar surface area (TPSA) is 54.0 Å². The second-order valence-corrected chi connectivity index (χ2v) is 4.16. The highest BCUT2D eigenvalue weighted by atomic mass is 32.1. The highest BCUT2D eigenvalue weighted by molar-refractivity contribution is 7.15. The van der Waals surface area contributed by atoms with Gasteiger partial charge >= 0.3 is 0 Å². The van der Waals surface area contributed by atoms with E-state index in [0.717, 1.165) is 30.2 Å². The van der Waals surface area contributed by atoms with Crippen molar-refractivity contribution in [2.45, 2.75) is 13.8 Å². The summed E-state index contributed by atoms with van der Waals surface area (Å²) < 4.78 is 0. The summed E-state index contributed by atoms with van der Waals surface area (Å²) in [5.74, 6) is 0. The Hall–Kier alpha value is -0.940. The number of nitrogens with zero attached hydrogens (tertiary/aromatic N) is 1. The summed E-state index contributed by atoms with van der Waals surface area (Å²) in [5, 5.41) is 7.12. The quantitative estimate of drug-likeness (QED) is 0.546. The van der Waals surface area contributed by atoms with E-state index in [1.807, 2.05) is 6.92 Å². The maximum Gasteiger partial charge on any atom is 0.183 e. The van der Waals surface area contributed by atoms with Gasteiger partial charge in [0.2, 0.25) is 0 Å². The molecule has 5 heteroatoms. The van der Waals surface area contributed by atoms with Gasteiger partial charge in [-0.05, 0) is 13.8 Å². The lowest BCUT2D eigenvalue weighted by atomic mass is 10.4. The molecule has 0 saturated heterocycles. The van der Waals surface area contributed by atoms with Crippen molar-refractivity contribution in [3.8, 4) is 0 Å². The first kappa shape index (κ1) is 11.1. The van der Waals surface area contributed by atoms with E-state index in [9.17, 15) is 4.79 Å². The maximum absolute atomic E-state index is 9.99.